The zero-order valence-electron chi connectivity index (χ0n) is 15.1. The van der Waals surface area contributed by atoms with Crippen molar-refractivity contribution in [2.45, 2.75) is 10.1 Å². The summed E-state index contributed by atoms with van der Waals surface area (Å²) in [5.74, 6) is -0.132. The van der Waals surface area contributed by atoms with Crippen LogP contribution in [0.4, 0.5) is 5.69 Å². The lowest BCUT2D eigenvalue weighted by atomic mass is 10.2. The summed E-state index contributed by atoms with van der Waals surface area (Å²) in [4.78, 5) is 23.4. The van der Waals surface area contributed by atoms with Crippen LogP contribution in [0.3, 0.4) is 0 Å². The van der Waals surface area contributed by atoms with Crippen molar-refractivity contribution < 1.29 is 19.2 Å². The molecule has 1 aromatic heterocycles. The second kappa shape index (κ2) is 9.39. The van der Waals surface area contributed by atoms with E-state index in [4.69, 9.17) is 21.1 Å². The summed E-state index contributed by atoms with van der Waals surface area (Å²) in [6.45, 7) is 0.100. The predicted octanol–water partition coefficient (Wildman–Crippen LogP) is 3.76. The van der Waals surface area contributed by atoms with Gasteiger partial charge in [-0.2, -0.15) is 0 Å². The van der Waals surface area contributed by atoms with E-state index >= 15 is 0 Å². The molecule has 11 heteroatoms. The summed E-state index contributed by atoms with van der Waals surface area (Å²) < 4.78 is 12.2. The Hall–Kier alpha value is -3.11. The molecule has 29 heavy (non-hydrogen) atoms. The molecule has 3 rings (SSSR count). The maximum Gasteiger partial charge on any atom is 0.338 e. The van der Waals surface area contributed by atoms with Crippen molar-refractivity contribution >= 4 is 35.0 Å². The lowest BCUT2D eigenvalue weighted by Crippen LogP contribution is -2.12. The molecular weight excluding hydrogens is 420 g/mol. The van der Waals surface area contributed by atoms with Gasteiger partial charge in [0.1, 0.15) is 25.3 Å². The minimum atomic E-state index is -0.682. The fraction of sp³-hybridized carbons (Fsp3) is 0.167. The molecule has 0 radical (unpaired) electrons. The van der Waals surface area contributed by atoms with Crippen LogP contribution in [0.2, 0.25) is 5.02 Å². The van der Waals surface area contributed by atoms with E-state index in [0.717, 1.165) is 11.8 Å². The van der Waals surface area contributed by atoms with Crippen molar-refractivity contribution in [2.75, 3.05) is 13.2 Å². The first-order valence-corrected chi connectivity index (χ1v) is 9.49. The third kappa shape index (κ3) is 5.46. The molecule has 0 aliphatic heterocycles. The van der Waals surface area contributed by atoms with Crippen molar-refractivity contribution in [3.63, 3.8) is 0 Å². The predicted molar refractivity (Wildman–Crippen MR) is 105 cm³/mol. The van der Waals surface area contributed by atoms with Gasteiger partial charge in [0.2, 0.25) is 0 Å². The largest absolute Gasteiger partial charge is 0.490 e. The molecule has 3 aromatic rings. The number of hydrogen-bond donors (Lipinski definition) is 0. The fourth-order valence-corrected chi connectivity index (χ4v) is 3.30. The van der Waals surface area contributed by atoms with Gasteiger partial charge in [0, 0.05) is 18.1 Å². The highest BCUT2D eigenvalue weighted by atomic mass is 35.5. The molecule has 9 nitrogen and oxygen atoms in total. The van der Waals surface area contributed by atoms with Gasteiger partial charge in [-0.25, -0.2) is 4.79 Å². The van der Waals surface area contributed by atoms with E-state index in [1.807, 2.05) is 0 Å². The third-order valence-electron chi connectivity index (χ3n) is 3.64. The Morgan fingerprint density at radius 2 is 2.10 bits per heavy atom. The maximum absolute atomic E-state index is 12.2. The van der Waals surface area contributed by atoms with Gasteiger partial charge in [0.15, 0.2) is 5.16 Å². The minimum absolute atomic E-state index is 0.0193. The van der Waals surface area contributed by atoms with Crippen molar-refractivity contribution in [1.82, 2.24) is 14.8 Å². The van der Waals surface area contributed by atoms with Crippen molar-refractivity contribution in [3.8, 4) is 5.75 Å². The normalized spacial score (nSPS) is 10.6. The molecular formula is C18H15ClN4O5S. The number of nitro benzene ring substituents is 1. The number of hydrogen-bond acceptors (Lipinski definition) is 8. The van der Waals surface area contributed by atoms with E-state index in [1.54, 1.807) is 35.9 Å². The smallest absolute Gasteiger partial charge is 0.338 e. The molecule has 0 N–H and O–H groups in total. The van der Waals surface area contributed by atoms with E-state index < -0.39 is 10.9 Å². The van der Waals surface area contributed by atoms with Gasteiger partial charge in [0.05, 0.1) is 15.4 Å². The Balaban J connectivity index is 1.62. The average molecular weight is 435 g/mol. The molecule has 0 aliphatic carbocycles. The van der Waals surface area contributed by atoms with Gasteiger partial charge < -0.3 is 14.0 Å². The summed E-state index contributed by atoms with van der Waals surface area (Å²) in [6.07, 6.45) is 1.49. The lowest BCUT2D eigenvalue weighted by Gasteiger charge is -2.08. The fourth-order valence-electron chi connectivity index (χ4n) is 2.27. The molecule has 150 valence electrons. The second-order valence-corrected chi connectivity index (χ2v) is 7.15. The van der Waals surface area contributed by atoms with Crippen LogP contribution in [-0.2, 0) is 11.8 Å². The number of aromatic nitrogens is 3. The lowest BCUT2D eigenvalue weighted by molar-refractivity contribution is -0.387. The van der Waals surface area contributed by atoms with Crippen LogP contribution in [0.25, 0.3) is 0 Å². The topological polar surface area (TPSA) is 109 Å². The van der Waals surface area contributed by atoms with Crippen LogP contribution >= 0.6 is 23.4 Å². The number of aryl methyl sites for hydroxylation is 1. The quantitative estimate of drug-likeness (QED) is 0.228. The molecule has 0 fully saturated rings. The van der Waals surface area contributed by atoms with Crippen LogP contribution in [0.15, 0.2) is 58.8 Å². The Morgan fingerprint density at radius 1 is 1.28 bits per heavy atom. The number of carbonyl (C=O) groups is 1. The van der Waals surface area contributed by atoms with E-state index in [1.165, 1.54) is 24.5 Å². The molecule has 0 atom stereocenters. The Bertz CT molecular complexity index is 1040. The number of rotatable bonds is 8. The molecule has 1 heterocycles. The first-order chi connectivity index (χ1) is 13.9. The highest BCUT2D eigenvalue weighted by molar-refractivity contribution is 7.99. The SMILES string of the molecule is Cn1cnnc1Sc1ccc(C(=O)OCCOc2cccc(Cl)c2)cc1[N+](=O)[O-]. The number of halogens is 1. The van der Waals surface area contributed by atoms with E-state index in [2.05, 4.69) is 10.2 Å². The van der Waals surface area contributed by atoms with Gasteiger partial charge in [-0.05, 0) is 42.1 Å². The Morgan fingerprint density at radius 3 is 2.79 bits per heavy atom. The first kappa shape index (κ1) is 20.6. The number of ether oxygens (including phenoxy) is 2. The third-order valence-corrected chi connectivity index (χ3v) is 5.00. The second-order valence-electron chi connectivity index (χ2n) is 5.71. The zero-order valence-corrected chi connectivity index (χ0v) is 16.7. The maximum atomic E-state index is 12.2. The van der Waals surface area contributed by atoms with Gasteiger partial charge in [-0.15, -0.1) is 10.2 Å². The van der Waals surface area contributed by atoms with Crippen LogP contribution in [-0.4, -0.2) is 38.9 Å². The van der Waals surface area contributed by atoms with E-state index in [-0.39, 0.29) is 24.5 Å². The molecule has 0 spiro atoms. The standard InChI is InChI=1S/C18H15ClN4O5S/c1-22-11-20-21-18(22)29-16-6-5-12(9-15(16)23(25)26)17(24)28-8-7-27-14-4-2-3-13(19)10-14/h2-6,9-11H,7-8H2,1H3. The van der Waals surface area contributed by atoms with Gasteiger partial charge in [-0.3, -0.25) is 10.1 Å². The summed E-state index contributed by atoms with van der Waals surface area (Å²) in [5, 5.41) is 20.1. The summed E-state index contributed by atoms with van der Waals surface area (Å²) in [5.41, 5.74) is -0.149. The summed E-state index contributed by atoms with van der Waals surface area (Å²) >= 11 is 6.94. The molecule has 2 aromatic carbocycles. The van der Waals surface area contributed by atoms with Crippen molar-refractivity contribution in [1.29, 1.82) is 0 Å². The number of benzene rings is 2. The average Bonchev–Trinajstić information content (AvgIpc) is 3.10. The van der Waals surface area contributed by atoms with Gasteiger partial charge in [-0.1, -0.05) is 17.7 Å². The summed E-state index contributed by atoms with van der Waals surface area (Å²) in [7, 11) is 1.73. The number of esters is 1. The van der Waals surface area contributed by atoms with Crippen LogP contribution in [0.1, 0.15) is 10.4 Å². The number of nitro groups is 1. The molecule has 0 unspecified atom stereocenters. The van der Waals surface area contributed by atoms with E-state index in [9.17, 15) is 14.9 Å². The first-order valence-electron chi connectivity index (χ1n) is 8.30. The van der Waals surface area contributed by atoms with Crippen LogP contribution in [0, 0.1) is 10.1 Å². The zero-order chi connectivity index (χ0) is 20.8. The van der Waals surface area contributed by atoms with Crippen LogP contribution < -0.4 is 4.74 Å². The summed E-state index contributed by atoms with van der Waals surface area (Å²) in [6, 6.07) is 10.9. The number of carbonyl (C=O) groups excluding carboxylic acids is 1. The molecule has 0 bridgehead atoms. The highest BCUT2D eigenvalue weighted by Crippen LogP contribution is 2.34. The number of nitrogens with zero attached hydrogens (tertiary/aromatic N) is 4. The van der Waals surface area contributed by atoms with Crippen LogP contribution in [0.5, 0.6) is 5.75 Å². The Kier molecular flexibility index (Phi) is 6.68. The van der Waals surface area contributed by atoms with Crippen molar-refractivity contribution in [2.24, 2.45) is 7.05 Å². The van der Waals surface area contributed by atoms with E-state index in [0.29, 0.717) is 20.8 Å². The highest BCUT2D eigenvalue weighted by Gasteiger charge is 2.20. The van der Waals surface area contributed by atoms with Gasteiger partial charge >= 0.3 is 5.97 Å². The monoisotopic (exact) mass is 434 g/mol. The Labute approximate surface area is 174 Å². The molecule has 0 aliphatic rings. The van der Waals surface area contributed by atoms with Gasteiger partial charge in [0.25, 0.3) is 5.69 Å². The molecule has 0 amide bonds. The van der Waals surface area contributed by atoms with Crippen molar-refractivity contribution in [3.05, 3.63) is 69.5 Å². The molecule has 0 saturated carbocycles. The molecule has 0 saturated heterocycles. The minimum Gasteiger partial charge on any atom is -0.490 e.